The number of carbonyl (C=O) groups is 1. The average Bonchev–Trinajstić information content (AvgIpc) is 2.61. The highest BCUT2D eigenvalue weighted by Gasteiger charge is 2.15. The van der Waals surface area contributed by atoms with Crippen LogP contribution in [0.3, 0.4) is 0 Å². The highest BCUT2D eigenvalue weighted by Crippen LogP contribution is 2.31. The first kappa shape index (κ1) is 20.8. The minimum Gasteiger partial charge on any atom is -0.493 e. The van der Waals surface area contributed by atoms with Gasteiger partial charge in [0, 0.05) is 24.5 Å². The lowest BCUT2D eigenvalue weighted by Gasteiger charge is -2.15. The first-order chi connectivity index (χ1) is 12.1. The van der Waals surface area contributed by atoms with Crippen molar-refractivity contribution in [3.63, 3.8) is 0 Å². The van der Waals surface area contributed by atoms with E-state index in [0.29, 0.717) is 43.1 Å². The molecule has 0 aliphatic rings. The number of nitrogens with zero attached hydrogens (tertiary/aromatic N) is 2. The summed E-state index contributed by atoms with van der Waals surface area (Å²) >= 11 is 5.98. The molecule has 0 bridgehead atoms. The smallest absolute Gasteiger partial charge is 0.163 e. The Labute approximate surface area is 154 Å². The lowest BCUT2D eigenvalue weighted by molar-refractivity contribution is 0.101. The number of halogens is 1. The lowest BCUT2D eigenvalue weighted by atomic mass is 10.1. The summed E-state index contributed by atoms with van der Waals surface area (Å²) in [5, 5.41) is 17.1. The Balaban J connectivity index is 2.81. The molecule has 0 spiro atoms. The second-order valence-corrected chi connectivity index (χ2v) is 5.84. The number of hydrogen-bond acceptors (Lipinski definition) is 5. The van der Waals surface area contributed by atoms with E-state index in [1.54, 1.807) is 12.1 Å². The van der Waals surface area contributed by atoms with Crippen LogP contribution in [0.4, 0.5) is 0 Å². The molecule has 6 heteroatoms. The van der Waals surface area contributed by atoms with Gasteiger partial charge in [0.25, 0.3) is 0 Å². The van der Waals surface area contributed by atoms with Crippen LogP contribution in [0.15, 0.2) is 12.1 Å². The molecule has 1 aromatic carbocycles. The Morgan fingerprint density at radius 3 is 2.04 bits per heavy atom. The minimum absolute atomic E-state index is 0.0982. The van der Waals surface area contributed by atoms with Gasteiger partial charge >= 0.3 is 0 Å². The maximum Gasteiger partial charge on any atom is 0.163 e. The fourth-order valence-electron chi connectivity index (χ4n) is 2.22. The second kappa shape index (κ2) is 12.2. The van der Waals surface area contributed by atoms with Crippen LogP contribution in [-0.4, -0.2) is 19.0 Å². The van der Waals surface area contributed by atoms with Crippen LogP contribution in [0.25, 0.3) is 0 Å². The number of Topliss-reactive ketones (excluding diaryl/α,β-unsaturated/α-hetero) is 1. The van der Waals surface area contributed by atoms with Crippen LogP contribution >= 0.6 is 11.6 Å². The van der Waals surface area contributed by atoms with E-state index in [2.05, 4.69) is 12.1 Å². The number of benzene rings is 1. The standard InChI is InChI=1S/C19H23ClN2O3/c1-15(23)17-12-16(14-20)18(24-10-6-2-4-8-21)13-19(17)25-11-7-3-5-9-22/h12-13H,2-7,10-11,14H2,1H3. The molecule has 0 radical (unpaired) electrons. The maximum absolute atomic E-state index is 11.9. The normalized spacial score (nSPS) is 9.92. The van der Waals surface area contributed by atoms with Crippen molar-refractivity contribution < 1.29 is 14.3 Å². The fourth-order valence-corrected chi connectivity index (χ4v) is 2.42. The van der Waals surface area contributed by atoms with Gasteiger partial charge in [0.1, 0.15) is 11.5 Å². The summed E-state index contributed by atoms with van der Waals surface area (Å²) in [5.74, 6) is 1.21. The number of hydrogen-bond donors (Lipinski definition) is 0. The predicted molar refractivity (Wildman–Crippen MR) is 95.9 cm³/mol. The molecule has 134 valence electrons. The number of carbonyl (C=O) groups excluding carboxylic acids is 1. The van der Waals surface area contributed by atoms with Crippen LogP contribution in [0, 0.1) is 22.7 Å². The highest BCUT2D eigenvalue weighted by molar-refractivity contribution is 6.17. The molecular formula is C19H23ClN2O3. The molecule has 0 fully saturated rings. The zero-order chi connectivity index (χ0) is 18.5. The van der Waals surface area contributed by atoms with E-state index in [1.165, 1.54) is 6.92 Å². The van der Waals surface area contributed by atoms with Crippen LogP contribution < -0.4 is 9.47 Å². The molecule has 0 saturated carbocycles. The molecule has 0 aliphatic carbocycles. The van der Waals surface area contributed by atoms with Crippen LogP contribution in [0.1, 0.15) is 61.4 Å². The van der Waals surface area contributed by atoms with Crippen molar-refractivity contribution in [3.05, 3.63) is 23.3 Å². The van der Waals surface area contributed by atoms with Crippen molar-refractivity contribution in [2.45, 2.75) is 51.3 Å². The Morgan fingerprint density at radius 2 is 1.56 bits per heavy atom. The number of nitriles is 2. The first-order valence-corrected chi connectivity index (χ1v) is 8.90. The molecule has 25 heavy (non-hydrogen) atoms. The lowest BCUT2D eigenvalue weighted by Crippen LogP contribution is -2.06. The van der Waals surface area contributed by atoms with Crippen molar-refractivity contribution >= 4 is 17.4 Å². The summed E-state index contributed by atoms with van der Waals surface area (Å²) < 4.78 is 11.5. The van der Waals surface area contributed by atoms with E-state index < -0.39 is 0 Å². The van der Waals surface area contributed by atoms with Gasteiger partial charge in [-0.25, -0.2) is 0 Å². The van der Waals surface area contributed by atoms with E-state index in [-0.39, 0.29) is 11.7 Å². The van der Waals surface area contributed by atoms with Crippen molar-refractivity contribution in [2.24, 2.45) is 0 Å². The Bertz CT molecular complexity index is 647. The SMILES string of the molecule is CC(=O)c1cc(CCl)c(OCCCCC#N)cc1OCCCCC#N. The molecule has 5 nitrogen and oxygen atoms in total. The quantitative estimate of drug-likeness (QED) is 0.303. The number of alkyl halides is 1. The molecule has 0 atom stereocenters. The van der Waals surface area contributed by atoms with Gasteiger partial charge in [0.2, 0.25) is 0 Å². The van der Waals surface area contributed by atoms with Gasteiger partial charge in [0.15, 0.2) is 5.78 Å². The van der Waals surface area contributed by atoms with Gasteiger partial charge in [-0.1, -0.05) is 0 Å². The maximum atomic E-state index is 11.9. The summed E-state index contributed by atoms with van der Waals surface area (Å²) in [6.45, 7) is 2.40. The third-order valence-corrected chi connectivity index (χ3v) is 3.85. The third kappa shape index (κ3) is 7.45. The minimum atomic E-state index is -0.0982. The van der Waals surface area contributed by atoms with E-state index in [4.69, 9.17) is 31.6 Å². The topological polar surface area (TPSA) is 83.1 Å². The number of ketones is 1. The van der Waals surface area contributed by atoms with Crippen LogP contribution in [0.5, 0.6) is 11.5 Å². The number of ether oxygens (including phenoxy) is 2. The van der Waals surface area contributed by atoms with E-state index in [0.717, 1.165) is 31.2 Å². The summed E-state index contributed by atoms with van der Waals surface area (Å²) in [4.78, 5) is 11.9. The fraction of sp³-hybridized carbons (Fsp3) is 0.526. The van der Waals surface area contributed by atoms with Gasteiger partial charge in [-0.15, -0.1) is 11.6 Å². The largest absolute Gasteiger partial charge is 0.493 e. The van der Waals surface area contributed by atoms with E-state index >= 15 is 0 Å². The molecule has 1 rings (SSSR count). The molecule has 1 aromatic rings. The van der Waals surface area contributed by atoms with Crippen molar-refractivity contribution in [3.8, 4) is 23.6 Å². The summed E-state index contributed by atoms with van der Waals surface area (Å²) in [5.41, 5.74) is 1.22. The van der Waals surface area contributed by atoms with Crippen molar-refractivity contribution in [1.29, 1.82) is 10.5 Å². The summed E-state index contributed by atoms with van der Waals surface area (Å²) in [6.07, 6.45) is 4.05. The predicted octanol–water partition coefficient (Wildman–Crippen LogP) is 4.77. The molecule has 0 aromatic heterocycles. The van der Waals surface area contributed by atoms with Crippen LogP contribution in [-0.2, 0) is 5.88 Å². The Kier molecular flexibility index (Phi) is 10.1. The number of rotatable bonds is 12. The molecule has 0 unspecified atom stereocenters. The Hall–Kier alpha value is -2.24. The summed E-state index contributed by atoms with van der Waals surface area (Å²) in [6, 6.07) is 7.62. The molecule has 0 N–H and O–H groups in total. The first-order valence-electron chi connectivity index (χ1n) is 8.37. The number of unbranched alkanes of at least 4 members (excludes halogenated alkanes) is 4. The van der Waals surface area contributed by atoms with Gasteiger partial charge in [-0.2, -0.15) is 10.5 Å². The van der Waals surface area contributed by atoms with Gasteiger partial charge < -0.3 is 9.47 Å². The zero-order valence-electron chi connectivity index (χ0n) is 14.5. The second-order valence-electron chi connectivity index (χ2n) is 5.57. The average molecular weight is 363 g/mol. The molecule has 0 heterocycles. The monoisotopic (exact) mass is 362 g/mol. The van der Waals surface area contributed by atoms with Gasteiger partial charge in [-0.05, 0) is 38.7 Å². The van der Waals surface area contributed by atoms with Crippen LogP contribution in [0.2, 0.25) is 0 Å². The van der Waals surface area contributed by atoms with Gasteiger partial charge in [0.05, 0.1) is 36.8 Å². The molecule has 0 amide bonds. The molecule has 0 saturated heterocycles. The highest BCUT2D eigenvalue weighted by atomic mass is 35.5. The van der Waals surface area contributed by atoms with Gasteiger partial charge in [-0.3, -0.25) is 4.79 Å². The molecule has 0 aliphatic heterocycles. The van der Waals surface area contributed by atoms with E-state index in [9.17, 15) is 4.79 Å². The van der Waals surface area contributed by atoms with Crippen molar-refractivity contribution in [2.75, 3.05) is 13.2 Å². The third-order valence-electron chi connectivity index (χ3n) is 3.57. The Morgan fingerprint density at radius 1 is 1.00 bits per heavy atom. The summed E-state index contributed by atoms with van der Waals surface area (Å²) in [7, 11) is 0. The molecular weight excluding hydrogens is 340 g/mol. The zero-order valence-corrected chi connectivity index (χ0v) is 15.3. The van der Waals surface area contributed by atoms with Crippen molar-refractivity contribution in [1.82, 2.24) is 0 Å². The van der Waals surface area contributed by atoms with E-state index in [1.807, 2.05) is 0 Å².